The number of amides is 5. The molecule has 21 atom stereocenters. The molecule has 47 nitrogen and oxygen atoms in total. The van der Waals surface area contributed by atoms with Gasteiger partial charge in [0.15, 0.2) is 28.5 Å². The first-order valence-electron chi connectivity index (χ1n) is 32.8. The second-order valence-corrected chi connectivity index (χ2v) is 25.3. The van der Waals surface area contributed by atoms with Crippen LogP contribution >= 0.6 is 12.6 Å². The second-order valence-electron chi connectivity index (χ2n) is 25.0. The molecule has 0 spiro atoms. The summed E-state index contributed by atoms with van der Waals surface area (Å²) in [7, 11) is 0. The van der Waals surface area contributed by atoms with E-state index >= 15 is 0 Å². The molecule has 110 heavy (non-hydrogen) atoms. The van der Waals surface area contributed by atoms with Crippen LogP contribution in [-0.2, 0) is 68.9 Å². The van der Waals surface area contributed by atoms with E-state index in [1.165, 1.54) is 30.5 Å². The van der Waals surface area contributed by atoms with Crippen LogP contribution in [0.5, 0.6) is 0 Å². The monoisotopic (exact) mass is 1590 g/mol. The first-order chi connectivity index (χ1) is 51.5. The Bertz CT molecular complexity index is 3780. The van der Waals surface area contributed by atoms with Gasteiger partial charge in [-0.3, -0.25) is 67.3 Å². The minimum atomic E-state index is -2.93. The van der Waals surface area contributed by atoms with Crippen LogP contribution < -0.4 is 43.2 Å². The molecule has 0 fully saturated rings. The first-order valence-corrected chi connectivity index (χ1v) is 33.4. The summed E-state index contributed by atoms with van der Waals surface area (Å²) in [6.45, 7) is -5.59. The van der Waals surface area contributed by atoms with Gasteiger partial charge < -0.3 is 145 Å². The topological polar surface area (TPSA) is 834 Å². The number of carbonyl (C=O) groups excluding carboxylic acids is 9. The van der Waals surface area contributed by atoms with Crippen molar-refractivity contribution in [3.63, 3.8) is 0 Å². The number of carboxylic acids is 5. The highest BCUT2D eigenvalue weighted by atomic mass is 32.1. The number of H-pyrrole nitrogens is 1. The molecule has 0 radical (unpaired) electrons. The van der Waals surface area contributed by atoms with Crippen LogP contribution in [-0.4, -0.2) is 345 Å². The normalized spacial score (nSPS) is 17.3. The standard InChI is InChI=1S/C62H87N11O36S/c63-62-72-53-44(59(105)73-62)66-23(15-65-53)14-64-22-3-1-21(2-4-22)54(100)67-29(60(106)107)6-5-24(78)7-25(45(92)49(96)37(82)16-74)55(101)68-30(11-41(86)87)34(79)8-26(46(93)50(97)38(83)17-75)56(102)69-31(12-42(88)89)35(80)9-27(47(94)51(98)39(84)18-76)57(103)70-32(13-43(90)91)36(81)10-28(48(95)52(99)40(85)19-77)58(104)71-33(20-110)61(108)109/h1-4,15,25-33,37-40,45-52,64,74-77,82-85,92-99,110H,5-14,16-20H2,(H,67,100)(H,68,101)(H,69,102)(H,70,103)(H,71,104)(H,86,87)(H,88,89)(H,90,91)(H,106,107)(H,108,109)(H3,63,65,72,73,105)/t25-,26-,27-,28-,29-,30-,31-,32-,33-,37+,38+,39+,40+,45+,46+,47+,48+,49+,50+,51+,52+/m0/s1. The third-order valence-electron chi connectivity index (χ3n) is 16.9. The maximum atomic E-state index is 14.4. The predicted octanol–water partition coefficient (Wildman–Crippen LogP) is -13.2. The Balaban J connectivity index is 2.01. The molecule has 0 bridgehead atoms. The van der Waals surface area contributed by atoms with Crippen LogP contribution in [0.3, 0.4) is 0 Å². The van der Waals surface area contributed by atoms with Gasteiger partial charge in [0.2, 0.25) is 29.6 Å². The number of aliphatic hydroxyl groups excluding tert-OH is 16. The zero-order chi connectivity index (χ0) is 83.5. The molecule has 612 valence electrons. The Kier molecular flexibility index (Phi) is 38.3. The number of aromatic amines is 1. The summed E-state index contributed by atoms with van der Waals surface area (Å²) in [5.74, 6) is -35.6. The van der Waals surface area contributed by atoms with E-state index in [0.717, 1.165) is 0 Å². The lowest BCUT2D eigenvalue weighted by Gasteiger charge is -2.32. The van der Waals surface area contributed by atoms with Crippen molar-refractivity contribution in [1.29, 1.82) is 0 Å². The van der Waals surface area contributed by atoms with Crippen molar-refractivity contribution in [1.82, 2.24) is 46.5 Å². The average Bonchev–Trinajstić information content (AvgIpc) is 0.861. The molecule has 0 aliphatic carbocycles. The van der Waals surface area contributed by atoms with Gasteiger partial charge in [-0.05, 0) is 30.7 Å². The van der Waals surface area contributed by atoms with Crippen LogP contribution in [0, 0.1) is 23.7 Å². The highest BCUT2D eigenvalue weighted by Gasteiger charge is 2.46. The number of benzene rings is 1. The number of thiol groups is 1. The smallest absolute Gasteiger partial charge is 0.327 e. The van der Waals surface area contributed by atoms with Crippen molar-refractivity contribution >= 4 is 118 Å². The Morgan fingerprint density at radius 1 is 0.445 bits per heavy atom. The molecule has 1 aromatic carbocycles. The molecule has 0 unspecified atom stereocenters. The summed E-state index contributed by atoms with van der Waals surface area (Å²) in [4.78, 5) is 213. The molecule has 0 aliphatic heterocycles. The van der Waals surface area contributed by atoms with Gasteiger partial charge in [-0.1, -0.05) is 0 Å². The van der Waals surface area contributed by atoms with Gasteiger partial charge in [0.1, 0.15) is 66.7 Å². The number of rotatable bonds is 52. The van der Waals surface area contributed by atoms with E-state index in [9.17, 15) is 179 Å². The Morgan fingerprint density at radius 2 is 0.791 bits per heavy atom. The molecular formula is C62H87N11O36S. The highest BCUT2D eigenvalue weighted by molar-refractivity contribution is 7.80. The van der Waals surface area contributed by atoms with Gasteiger partial charge in [-0.25, -0.2) is 19.6 Å². The summed E-state index contributed by atoms with van der Waals surface area (Å²) in [6, 6.07) is -6.33. The van der Waals surface area contributed by atoms with Gasteiger partial charge in [0.05, 0.1) is 130 Å². The Hall–Kier alpha value is -9.87. The first kappa shape index (κ1) is 94.3. The van der Waals surface area contributed by atoms with Crippen LogP contribution in [0.4, 0.5) is 11.6 Å². The van der Waals surface area contributed by atoms with E-state index in [1.807, 2.05) is 10.6 Å². The van der Waals surface area contributed by atoms with Crippen LogP contribution in [0.25, 0.3) is 11.2 Å². The molecule has 2 aromatic heterocycles. The molecule has 0 aliphatic rings. The summed E-state index contributed by atoms with van der Waals surface area (Å²) in [5, 5.41) is 228. The minimum Gasteiger partial charge on any atom is -0.481 e. The van der Waals surface area contributed by atoms with Crippen molar-refractivity contribution < 1.29 is 174 Å². The van der Waals surface area contributed by atoms with Crippen molar-refractivity contribution in [2.75, 3.05) is 43.2 Å². The number of nitrogen functional groups attached to an aromatic ring is 1. The van der Waals surface area contributed by atoms with Crippen molar-refractivity contribution in [2.45, 2.75) is 168 Å². The molecule has 3 rings (SSSR count). The number of hydrogen-bond acceptors (Lipinski definition) is 37. The molecule has 0 saturated carbocycles. The van der Waals surface area contributed by atoms with Crippen molar-refractivity contribution in [2.24, 2.45) is 23.7 Å². The quantitative estimate of drug-likeness (QED) is 0.0233. The van der Waals surface area contributed by atoms with Crippen molar-refractivity contribution in [3.8, 4) is 0 Å². The molecule has 48 heteroatoms. The lowest BCUT2D eigenvalue weighted by molar-refractivity contribution is -0.150. The van der Waals surface area contributed by atoms with Crippen molar-refractivity contribution in [3.05, 3.63) is 52.1 Å². The largest absolute Gasteiger partial charge is 0.481 e. The van der Waals surface area contributed by atoms with Gasteiger partial charge >= 0.3 is 29.8 Å². The maximum absolute atomic E-state index is 14.4. The molecular weight excluding hydrogens is 1510 g/mol. The maximum Gasteiger partial charge on any atom is 0.327 e. The van der Waals surface area contributed by atoms with Crippen LogP contribution in [0.2, 0.25) is 0 Å². The number of carboxylic acid groups (broad SMARTS) is 5. The average molecular weight is 1590 g/mol. The zero-order valence-electron chi connectivity index (χ0n) is 57.5. The van der Waals surface area contributed by atoms with Crippen LogP contribution in [0.15, 0.2) is 35.3 Å². The number of nitrogens with zero attached hydrogens (tertiary/aromatic N) is 3. The van der Waals surface area contributed by atoms with E-state index in [0.29, 0.717) is 5.69 Å². The predicted molar refractivity (Wildman–Crippen MR) is 363 cm³/mol. The third-order valence-corrected chi connectivity index (χ3v) is 17.3. The second kappa shape index (κ2) is 44.7. The van der Waals surface area contributed by atoms with E-state index in [1.54, 1.807) is 10.6 Å². The lowest BCUT2D eigenvalue weighted by Crippen LogP contribution is -2.56. The summed E-state index contributed by atoms with van der Waals surface area (Å²) < 4.78 is 0. The lowest BCUT2D eigenvalue weighted by atomic mass is 9.85. The zero-order valence-corrected chi connectivity index (χ0v) is 58.4. The number of ketones is 4. The molecule has 2 heterocycles. The number of Topliss-reactive ketones (excluding diaryl/α,β-unsaturated/α-hetero) is 4. The highest BCUT2D eigenvalue weighted by Crippen LogP contribution is 2.26. The number of hydrogen-bond donors (Lipinski definition) is 30. The fraction of sp³-hybridized carbons (Fsp3) is 0.581. The SMILES string of the molecule is Nc1nc2ncc(CNc3ccc(C(=O)N[C@@H](CCC(=O)C[C@H](C(=O)N[C@@H](CC(=O)O)C(=O)C[C@H](C(=O)N[C@@H](CC(=O)O)C(=O)C[C@H](C(=O)N[C@@H](CC(=O)O)C(=O)C[C@H](C(=O)N[C@@H](CS)C(=O)O)[C@@H](O)[C@H](O)[C@H](O)CO)[C@@H](O)[C@H](O)[C@H](O)CO)[C@@H](O)[C@H](O)[C@H](O)CO)[C@@H](O)[C@H](O)[C@H](O)CO)C(=O)O)cc3)nc2c(=O)[nH]1. The Labute approximate surface area is 623 Å². The fourth-order valence-corrected chi connectivity index (χ4v) is 10.8. The van der Waals surface area contributed by atoms with Gasteiger partial charge in [-0.2, -0.15) is 17.6 Å². The fourth-order valence-electron chi connectivity index (χ4n) is 10.5. The van der Waals surface area contributed by atoms with Gasteiger partial charge in [0, 0.05) is 49.1 Å². The number of fused-ring (bicyclic) bond motifs is 1. The van der Waals surface area contributed by atoms with E-state index in [4.69, 9.17) is 5.73 Å². The van der Waals surface area contributed by atoms with Crippen LogP contribution in [0.1, 0.15) is 73.8 Å². The Morgan fingerprint density at radius 3 is 1.12 bits per heavy atom. The van der Waals surface area contributed by atoms with Gasteiger partial charge in [0.25, 0.3) is 11.5 Å². The molecule has 30 N–H and O–H groups in total. The third kappa shape index (κ3) is 28.2. The number of aromatic nitrogens is 4. The molecule has 5 amide bonds. The van der Waals surface area contributed by atoms with E-state index in [2.05, 4.69) is 43.2 Å². The minimum absolute atomic E-state index is 0.00721. The molecule has 3 aromatic rings. The summed E-state index contributed by atoms with van der Waals surface area (Å²) in [6.07, 6.45) is -42.9. The van der Waals surface area contributed by atoms with Gasteiger partial charge in [-0.15, -0.1) is 0 Å². The summed E-state index contributed by atoms with van der Waals surface area (Å²) in [5.41, 5.74) is 5.26. The number of nitrogens with two attached hydrogens (primary N) is 1. The number of carbonyl (C=O) groups is 14. The van der Waals surface area contributed by atoms with E-state index in [-0.39, 0.29) is 34.9 Å². The number of aliphatic carboxylic acids is 5. The molecule has 0 saturated heterocycles. The van der Waals surface area contributed by atoms with E-state index < -0.39 is 305 Å². The number of anilines is 2. The summed E-state index contributed by atoms with van der Waals surface area (Å²) >= 11 is 3.76. The number of nitrogens with one attached hydrogen (secondary N) is 7. The number of aliphatic hydroxyl groups is 16.